The van der Waals surface area contributed by atoms with Crippen LogP contribution in [0.25, 0.3) is 0 Å². The summed E-state index contributed by atoms with van der Waals surface area (Å²) in [4.78, 5) is 0. The second-order valence-corrected chi connectivity index (χ2v) is 4.23. The molecule has 0 aliphatic rings. The minimum atomic E-state index is -1.66. The zero-order valence-electron chi connectivity index (χ0n) is 8.94. The molecule has 0 heterocycles. The highest BCUT2D eigenvalue weighted by Crippen LogP contribution is 2.32. The largest absolute Gasteiger partial charge is 0.365 e. The van der Waals surface area contributed by atoms with Crippen LogP contribution in [0.3, 0.4) is 0 Å². The summed E-state index contributed by atoms with van der Waals surface area (Å²) in [6.07, 6.45) is 0. The summed E-state index contributed by atoms with van der Waals surface area (Å²) >= 11 is 0. The number of rotatable bonds is 3. The van der Waals surface area contributed by atoms with Crippen LogP contribution in [0.15, 0.2) is 30.3 Å². The van der Waals surface area contributed by atoms with Gasteiger partial charge < -0.3 is 10.2 Å². The van der Waals surface area contributed by atoms with Gasteiger partial charge in [0.05, 0.1) is 0 Å². The average molecular weight is 194 g/mol. The minimum Gasteiger partial charge on any atom is -0.365 e. The molecule has 0 aliphatic carbocycles. The van der Waals surface area contributed by atoms with Gasteiger partial charge in [-0.05, 0) is 18.4 Å². The molecule has 1 atom stereocenters. The summed E-state index contributed by atoms with van der Waals surface area (Å²) in [7, 11) is 0. The number of benzene rings is 1. The second-order valence-electron chi connectivity index (χ2n) is 4.23. The van der Waals surface area contributed by atoms with Crippen LogP contribution in [0.2, 0.25) is 0 Å². The van der Waals surface area contributed by atoms with Crippen LogP contribution in [0, 0.1) is 5.92 Å². The van der Waals surface area contributed by atoms with Crippen LogP contribution < -0.4 is 0 Å². The van der Waals surface area contributed by atoms with Gasteiger partial charge in [0.2, 0.25) is 0 Å². The van der Waals surface area contributed by atoms with Crippen LogP contribution in [0.1, 0.15) is 32.3 Å². The molecular weight excluding hydrogens is 176 g/mol. The maximum Gasteiger partial charge on any atom is 0.166 e. The Morgan fingerprint density at radius 1 is 1.07 bits per heavy atom. The lowest BCUT2D eigenvalue weighted by Gasteiger charge is -2.31. The van der Waals surface area contributed by atoms with Crippen molar-refractivity contribution >= 4 is 0 Å². The normalized spacial score (nSPS) is 14.4. The van der Waals surface area contributed by atoms with E-state index in [0.717, 1.165) is 5.56 Å². The summed E-state index contributed by atoms with van der Waals surface area (Å²) in [5.41, 5.74) is 0.968. The fourth-order valence-corrected chi connectivity index (χ4v) is 1.99. The lowest BCUT2D eigenvalue weighted by molar-refractivity contribution is -0.171. The Balaban J connectivity index is 3.02. The topological polar surface area (TPSA) is 40.5 Å². The quantitative estimate of drug-likeness (QED) is 0.724. The lowest BCUT2D eigenvalue weighted by Crippen LogP contribution is -2.35. The van der Waals surface area contributed by atoms with Crippen molar-refractivity contribution in [2.24, 2.45) is 5.92 Å². The Morgan fingerprint density at radius 3 is 1.93 bits per heavy atom. The van der Waals surface area contributed by atoms with E-state index in [1.165, 1.54) is 6.92 Å². The first kappa shape index (κ1) is 11.2. The molecule has 0 fully saturated rings. The van der Waals surface area contributed by atoms with E-state index in [1.807, 2.05) is 44.2 Å². The summed E-state index contributed by atoms with van der Waals surface area (Å²) in [5.74, 6) is -1.71. The van der Waals surface area contributed by atoms with E-state index in [4.69, 9.17) is 0 Å². The van der Waals surface area contributed by atoms with Crippen molar-refractivity contribution in [2.75, 3.05) is 0 Å². The molecule has 14 heavy (non-hydrogen) atoms. The third kappa shape index (κ3) is 2.56. The Hall–Kier alpha value is -0.860. The number of aliphatic hydroxyl groups is 2. The van der Waals surface area contributed by atoms with Gasteiger partial charge in [0, 0.05) is 5.92 Å². The van der Waals surface area contributed by atoms with Crippen LogP contribution in [-0.2, 0) is 0 Å². The zero-order chi connectivity index (χ0) is 10.8. The molecule has 0 saturated heterocycles. The van der Waals surface area contributed by atoms with Crippen molar-refractivity contribution in [3.8, 4) is 0 Å². The standard InChI is InChI=1S/C12H18O2/c1-9(2)11(12(3,13)14)10-7-5-4-6-8-10/h4-9,11,13-14H,1-3H3. The van der Waals surface area contributed by atoms with Crippen molar-refractivity contribution in [3.05, 3.63) is 35.9 Å². The summed E-state index contributed by atoms with van der Waals surface area (Å²) in [6.45, 7) is 5.41. The number of hydrogen-bond donors (Lipinski definition) is 2. The summed E-state index contributed by atoms with van der Waals surface area (Å²) in [6, 6.07) is 9.60. The molecule has 0 aromatic heterocycles. The van der Waals surface area contributed by atoms with Crippen molar-refractivity contribution in [2.45, 2.75) is 32.5 Å². The fourth-order valence-electron chi connectivity index (χ4n) is 1.99. The van der Waals surface area contributed by atoms with Gasteiger partial charge >= 0.3 is 0 Å². The molecular formula is C12H18O2. The van der Waals surface area contributed by atoms with E-state index in [9.17, 15) is 10.2 Å². The van der Waals surface area contributed by atoms with Crippen LogP contribution >= 0.6 is 0 Å². The molecule has 0 aliphatic heterocycles. The molecule has 1 unspecified atom stereocenters. The van der Waals surface area contributed by atoms with Crippen molar-refractivity contribution < 1.29 is 10.2 Å². The third-order valence-corrected chi connectivity index (χ3v) is 2.41. The van der Waals surface area contributed by atoms with E-state index in [2.05, 4.69) is 0 Å². The molecule has 78 valence electrons. The van der Waals surface area contributed by atoms with Gasteiger partial charge in [0.15, 0.2) is 5.79 Å². The molecule has 2 heteroatoms. The lowest BCUT2D eigenvalue weighted by atomic mass is 9.82. The average Bonchev–Trinajstić information content (AvgIpc) is 2.02. The molecule has 1 rings (SSSR count). The molecule has 0 radical (unpaired) electrons. The maximum atomic E-state index is 9.66. The van der Waals surface area contributed by atoms with E-state index in [-0.39, 0.29) is 11.8 Å². The summed E-state index contributed by atoms with van der Waals surface area (Å²) in [5, 5.41) is 19.3. The molecule has 0 bridgehead atoms. The van der Waals surface area contributed by atoms with Crippen molar-refractivity contribution in [3.63, 3.8) is 0 Å². The molecule has 0 saturated carbocycles. The van der Waals surface area contributed by atoms with Crippen LogP contribution in [0.5, 0.6) is 0 Å². The van der Waals surface area contributed by atoms with Gasteiger partial charge in [-0.2, -0.15) is 0 Å². The monoisotopic (exact) mass is 194 g/mol. The predicted octanol–water partition coefficient (Wildman–Crippen LogP) is 2.13. The Bertz CT molecular complexity index is 272. The van der Waals surface area contributed by atoms with E-state index in [1.54, 1.807) is 0 Å². The van der Waals surface area contributed by atoms with Crippen molar-refractivity contribution in [1.82, 2.24) is 0 Å². The maximum absolute atomic E-state index is 9.66. The first-order valence-corrected chi connectivity index (χ1v) is 4.92. The molecule has 2 N–H and O–H groups in total. The van der Waals surface area contributed by atoms with Gasteiger partial charge in [0.1, 0.15) is 0 Å². The number of hydrogen-bond acceptors (Lipinski definition) is 2. The smallest absolute Gasteiger partial charge is 0.166 e. The highest BCUT2D eigenvalue weighted by molar-refractivity contribution is 5.22. The Kier molecular flexibility index (Phi) is 3.29. The highest BCUT2D eigenvalue weighted by Gasteiger charge is 2.32. The first-order chi connectivity index (χ1) is 6.43. The Morgan fingerprint density at radius 2 is 1.57 bits per heavy atom. The SMILES string of the molecule is CC(C)C(c1ccccc1)C(C)(O)O. The van der Waals surface area contributed by atoms with Gasteiger partial charge in [0.25, 0.3) is 0 Å². The van der Waals surface area contributed by atoms with E-state index < -0.39 is 5.79 Å². The fraction of sp³-hybridized carbons (Fsp3) is 0.500. The molecule has 1 aromatic carbocycles. The molecule has 2 nitrogen and oxygen atoms in total. The second kappa shape index (κ2) is 4.11. The molecule has 1 aromatic rings. The summed E-state index contributed by atoms with van der Waals surface area (Å²) < 4.78 is 0. The minimum absolute atomic E-state index is 0.192. The molecule has 0 spiro atoms. The Labute approximate surface area is 85.2 Å². The van der Waals surface area contributed by atoms with E-state index >= 15 is 0 Å². The van der Waals surface area contributed by atoms with Gasteiger partial charge in [-0.15, -0.1) is 0 Å². The van der Waals surface area contributed by atoms with E-state index in [0.29, 0.717) is 0 Å². The van der Waals surface area contributed by atoms with Gasteiger partial charge in [-0.25, -0.2) is 0 Å². The van der Waals surface area contributed by atoms with Crippen LogP contribution in [-0.4, -0.2) is 16.0 Å². The third-order valence-electron chi connectivity index (χ3n) is 2.41. The molecule has 0 amide bonds. The predicted molar refractivity (Wildman–Crippen MR) is 56.9 cm³/mol. The van der Waals surface area contributed by atoms with Crippen LogP contribution in [0.4, 0.5) is 0 Å². The zero-order valence-corrected chi connectivity index (χ0v) is 8.94. The first-order valence-electron chi connectivity index (χ1n) is 4.92. The highest BCUT2D eigenvalue weighted by atomic mass is 16.5. The van der Waals surface area contributed by atoms with Gasteiger partial charge in [-0.1, -0.05) is 44.2 Å². The van der Waals surface area contributed by atoms with Crippen molar-refractivity contribution in [1.29, 1.82) is 0 Å². The van der Waals surface area contributed by atoms with Gasteiger partial charge in [-0.3, -0.25) is 0 Å².